The van der Waals surface area contributed by atoms with Gasteiger partial charge in [-0.3, -0.25) is 13.9 Å². The van der Waals surface area contributed by atoms with E-state index in [1.54, 1.807) is 31.2 Å². The van der Waals surface area contributed by atoms with Gasteiger partial charge in [0.25, 0.3) is 0 Å². The normalized spacial score (nSPS) is 12.2. The monoisotopic (exact) mass is 487 g/mol. The number of carbonyl (C=O) groups excluding carboxylic acids is 2. The van der Waals surface area contributed by atoms with Gasteiger partial charge in [0.15, 0.2) is 11.6 Å². The van der Waals surface area contributed by atoms with E-state index in [1.165, 1.54) is 11.8 Å². The molecule has 32 heavy (non-hydrogen) atoms. The van der Waals surface area contributed by atoms with Gasteiger partial charge in [-0.1, -0.05) is 29.8 Å². The minimum Gasteiger partial charge on any atom is -0.355 e. The van der Waals surface area contributed by atoms with Crippen molar-refractivity contribution < 1.29 is 26.8 Å². The van der Waals surface area contributed by atoms with Gasteiger partial charge in [-0.05, 0) is 37.6 Å². The van der Waals surface area contributed by atoms with Gasteiger partial charge < -0.3 is 10.2 Å². The largest absolute Gasteiger partial charge is 0.355 e. The fourth-order valence-corrected chi connectivity index (χ4v) is 4.01. The number of sulfonamides is 1. The molecule has 174 valence electrons. The molecule has 0 aliphatic heterocycles. The summed E-state index contributed by atoms with van der Waals surface area (Å²) in [5.74, 6) is -3.57. The average Bonchev–Trinajstić information content (AvgIpc) is 2.72. The lowest BCUT2D eigenvalue weighted by atomic mass is 10.1. The number of anilines is 1. The van der Waals surface area contributed by atoms with Crippen LogP contribution in [0.2, 0.25) is 5.02 Å². The van der Waals surface area contributed by atoms with E-state index in [2.05, 4.69) is 5.32 Å². The van der Waals surface area contributed by atoms with Gasteiger partial charge >= 0.3 is 0 Å². The maximum atomic E-state index is 13.7. The predicted molar refractivity (Wildman–Crippen MR) is 119 cm³/mol. The Bertz CT molecular complexity index is 1100. The van der Waals surface area contributed by atoms with Crippen molar-refractivity contribution in [3.8, 4) is 0 Å². The standard InChI is InChI=1S/C21H24ClF2N3O4S/c1-4-25-21(29)14(2)26(12-15-7-5-6-8-17(15)22)20(28)13-27(32(3,30)31)16-9-10-18(23)19(24)11-16/h5-11,14H,4,12-13H2,1-3H3,(H,25,29)/t14-/m0/s1. The fourth-order valence-electron chi connectivity index (χ4n) is 2.97. The first kappa shape index (κ1) is 25.5. The molecule has 0 spiro atoms. The highest BCUT2D eigenvalue weighted by Gasteiger charge is 2.30. The van der Waals surface area contributed by atoms with Crippen LogP contribution in [0.4, 0.5) is 14.5 Å². The van der Waals surface area contributed by atoms with Gasteiger partial charge in [0.1, 0.15) is 12.6 Å². The van der Waals surface area contributed by atoms with Gasteiger partial charge in [0.2, 0.25) is 21.8 Å². The molecule has 11 heteroatoms. The van der Waals surface area contributed by atoms with Gasteiger partial charge in [-0.15, -0.1) is 0 Å². The van der Waals surface area contributed by atoms with Gasteiger partial charge in [-0.25, -0.2) is 17.2 Å². The van der Waals surface area contributed by atoms with Crippen molar-refractivity contribution in [1.29, 1.82) is 0 Å². The van der Waals surface area contributed by atoms with Crippen LogP contribution in [0.5, 0.6) is 0 Å². The molecule has 0 aliphatic carbocycles. The quantitative estimate of drug-likeness (QED) is 0.589. The molecule has 2 amide bonds. The number of nitrogens with one attached hydrogen (secondary N) is 1. The summed E-state index contributed by atoms with van der Waals surface area (Å²) < 4.78 is 52.4. The van der Waals surface area contributed by atoms with Crippen molar-refractivity contribution in [3.63, 3.8) is 0 Å². The first-order valence-corrected chi connectivity index (χ1v) is 11.9. The average molecular weight is 488 g/mol. The highest BCUT2D eigenvalue weighted by atomic mass is 35.5. The number of rotatable bonds is 9. The molecule has 0 fully saturated rings. The molecule has 2 rings (SSSR count). The Labute approximate surface area is 191 Å². The number of nitrogens with zero attached hydrogens (tertiary/aromatic N) is 2. The van der Waals surface area contributed by atoms with E-state index in [4.69, 9.17) is 11.6 Å². The molecule has 7 nitrogen and oxygen atoms in total. The van der Waals surface area contributed by atoms with Crippen LogP contribution in [0.15, 0.2) is 42.5 Å². The number of hydrogen-bond donors (Lipinski definition) is 1. The Morgan fingerprint density at radius 2 is 1.78 bits per heavy atom. The van der Waals surface area contributed by atoms with Crippen molar-refractivity contribution in [2.45, 2.75) is 26.4 Å². The number of hydrogen-bond acceptors (Lipinski definition) is 4. The molecule has 1 N–H and O–H groups in total. The van der Waals surface area contributed by atoms with Crippen molar-refractivity contribution >= 4 is 39.1 Å². The molecule has 0 aromatic heterocycles. The molecule has 2 aromatic carbocycles. The number of benzene rings is 2. The zero-order chi connectivity index (χ0) is 24.1. The third kappa shape index (κ3) is 6.39. The van der Waals surface area contributed by atoms with E-state index in [-0.39, 0.29) is 12.2 Å². The first-order chi connectivity index (χ1) is 15.0. The summed E-state index contributed by atoms with van der Waals surface area (Å²) in [6.07, 6.45) is 0.840. The van der Waals surface area contributed by atoms with Crippen LogP contribution >= 0.6 is 11.6 Å². The van der Waals surface area contributed by atoms with E-state index in [0.717, 1.165) is 18.4 Å². The third-order valence-electron chi connectivity index (χ3n) is 4.69. The summed E-state index contributed by atoms with van der Waals surface area (Å²) >= 11 is 6.20. The van der Waals surface area contributed by atoms with Crippen LogP contribution in [0.25, 0.3) is 0 Å². The highest BCUT2D eigenvalue weighted by molar-refractivity contribution is 7.92. The van der Waals surface area contributed by atoms with Crippen molar-refractivity contribution in [2.24, 2.45) is 0 Å². The Hall–Kier alpha value is -2.72. The molecule has 1 atom stereocenters. The lowest BCUT2D eigenvalue weighted by Crippen LogP contribution is -2.51. The zero-order valence-corrected chi connectivity index (χ0v) is 19.4. The molecule has 0 bridgehead atoms. The molecule has 2 aromatic rings. The van der Waals surface area contributed by atoms with E-state index in [0.29, 0.717) is 27.5 Å². The lowest BCUT2D eigenvalue weighted by molar-refractivity contribution is -0.139. The smallest absolute Gasteiger partial charge is 0.244 e. The van der Waals surface area contributed by atoms with Crippen LogP contribution in [0.1, 0.15) is 19.4 Å². The van der Waals surface area contributed by atoms with Crippen LogP contribution in [-0.2, 0) is 26.2 Å². The second kappa shape index (κ2) is 10.7. The molecular weight excluding hydrogens is 464 g/mol. The maximum Gasteiger partial charge on any atom is 0.244 e. The molecule has 0 saturated carbocycles. The number of amides is 2. The Kier molecular flexibility index (Phi) is 8.57. The Morgan fingerprint density at radius 3 is 2.34 bits per heavy atom. The molecule has 0 unspecified atom stereocenters. The van der Waals surface area contributed by atoms with E-state index in [1.807, 2.05) is 0 Å². The summed E-state index contributed by atoms with van der Waals surface area (Å²) in [5.41, 5.74) is 0.334. The molecule has 0 saturated heterocycles. The predicted octanol–water partition coefficient (Wildman–Crippen LogP) is 2.94. The van der Waals surface area contributed by atoms with Gasteiger partial charge in [-0.2, -0.15) is 0 Å². The van der Waals surface area contributed by atoms with Crippen LogP contribution in [0, 0.1) is 11.6 Å². The summed E-state index contributed by atoms with van der Waals surface area (Å²) in [5, 5.41) is 2.99. The first-order valence-electron chi connectivity index (χ1n) is 9.69. The van der Waals surface area contributed by atoms with Gasteiger partial charge in [0.05, 0.1) is 11.9 Å². The topological polar surface area (TPSA) is 86.8 Å². The Morgan fingerprint density at radius 1 is 1.12 bits per heavy atom. The minimum absolute atomic E-state index is 0.0633. The summed E-state index contributed by atoms with van der Waals surface area (Å²) in [7, 11) is -4.04. The third-order valence-corrected chi connectivity index (χ3v) is 6.20. The summed E-state index contributed by atoms with van der Waals surface area (Å²) in [6, 6.07) is 8.28. The summed E-state index contributed by atoms with van der Waals surface area (Å²) in [6.45, 7) is 2.77. The Balaban J connectivity index is 2.42. The molecular formula is C21H24ClF2N3O4S. The second-order valence-corrected chi connectivity index (χ2v) is 9.37. The van der Waals surface area contributed by atoms with E-state index < -0.39 is 46.1 Å². The second-order valence-electron chi connectivity index (χ2n) is 7.05. The fraction of sp³-hybridized carbons (Fsp3) is 0.333. The number of halogens is 3. The maximum absolute atomic E-state index is 13.7. The van der Waals surface area contributed by atoms with Crippen molar-refractivity contribution in [2.75, 3.05) is 23.7 Å². The van der Waals surface area contributed by atoms with Crippen LogP contribution in [0.3, 0.4) is 0 Å². The molecule has 0 aliphatic rings. The SMILES string of the molecule is CCNC(=O)[C@H](C)N(Cc1ccccc1Cl)C(=O)CN(c1ccc(F)c(F)c1)S(C)(=O)=O. The zero-order valence-electron chi connectivity index (χ0n) is 17.8. The molecule has 0 heterocycles. The number of likely N-dealkylation sites (N-methyl/N-ethyl adjacent to an activating group) is 1. The minimum atomic E-state index is -4.04. The van der Waals surface area contributed by atoms with E-state index in [9.17, 15) is 26.8 Å². The molecule has 0 radical (unpaired) electrons. The van der Waals surface area contributed by atoms with E-state index >= 15 is 0 Å². The summed E-state index contributed by atoms with van der Waals surface area (Å²) in [4.78, 5) is 26.8. The lowest BCUT2D eigenvalue weighted by Gasteiger charge is -2.31. The number of carbonyl (C=O) groups is 2. The van der Waals surface area contributed by atoms with Crippen LogP contribution < -0.4 is 9.62 Å². The van der Waals surface area contributed by atoms with Crippen molar-refractivity contribution in [1.82, 2.24) is 10.2 Å². The highest BCUT2D eigenvalue weighted by Crippen LogP contribution is 2.23. The van der Waals surface area contributed by atoms with Crippen molar-refractivity contribution in [3.05, 3.63) is 64.7 Å². The van der Waals surface area contributed by atoms with Gasteiger partial charge in [0, 0.05) is 24.2 Å². The van der Waals surface area contributed by atoms with Crippen LogP contribution in [-0.4, -0.2) is 50.5 Å².